The van der Waals surface area contributed by atoms with Crippen LogP contribution in [-0.2, 0) is 4.74 Å². The molecule has 54 valence electrons. The number of halogens is 1. The Hall–Kier alpha value is 0. The van der Waals surface area contributed by atoms with E-state index in [0.717, 1.165) is 0 Å². The average Bonchev–Trinajstić information content (AvgIpc) is 1.82. The fourth-order valence-corrected chi connectivity index (χ4v) is 0.728. The summed E-state index contributed by atoms with van der Waals surface area (Å²) in [6.45, 7) is 3.97. The van der Waals surface area contributed by atoms with Crippen LogP contribution in [0.1, 0.15) is 13.8 Å². The lowest BCUT2D eigenvalue weighted by Gasteiger charge is -2.06. The standard InChI is InChI=1S/C5H11IN2O/c1-4(2)5(8-7)9-3-6/h4H,3,7H2,1-2H3/b8-5-. The number of rotatable bonds is 2. The molecule has 9 heavy (non-hydrogen) atoms. The zero-order valence-corrected chi connectivity index (χ0v) is 7.75. The van der Waals surface area contributed by atoms with Crippen LogP contribution in [0.5, 0.6) is 0 Å². The van der Waals surface area contributed by atoms with Crippen LogP contribution in [0.3, 0.4) is 0 Å². The maximum Gasteiger partial charge on any atom is 0.208 e. The van der Waals surface area contributed by atoms with E-state index in [1.54, 1.807) is 0 Å². The Labute approximate surface area is 68.8 Å². The quantitative estimate of drug-likeness (QED) is 0.198. The highest BCUT2D eigenvalue weighted by molar-refractivity contribution is 14.1. The van der Waals surface area contributed by atoms with Gasteiger partial charge in [-0.1, -0.05) is 13.8 Å². The summed E-state index contributed by atoms with van der Waals surface area (Å²) in [7, 11) is 0. The van der Waals surface area contributed by atoms with Gasteiger partial charge < -0.3 is 10.6 Å². The first kappa shape index (κ1) is 9.00. The third-order valence-electron chi connectivity index (χ3n) is 0.824. The van der Waals surface area contributed by atoms with Crippen LogP contribution in [0.25, 0.3) is 0 Å². The van der Waals surface area contributed by atoms with Crippen molar-refractivity contribution in [1.29, 1.82) is 0 Å². The van der Waals surface area contributed by atoms with Gasteiger partial charge in [0.1, 0.15) is 4.61 Å². The molecular weight excluding hydrogens is 231 g/mol. The Balaban J connectivity index is 3.70. The first-order chi connectivity index (χ1) is 4.22. The number of ether oxygens (including phenoxy) is 1. The molecule has 0 aliphatic heterocycles. The second kappa shape index (κ2) is 4.84. The molecular formula is C5H11IN2O. The molecule has 0 aliphatic rings. The van der Waals surface area contributed by atoms with Crippen LogP contribution in [0, 0.1) is 5.92 Å². The Morgan fingerprint density at radius 3 is 2.44 bits per heavy atom. The first-order valence-electron chi connectivity index (χ1n) is 2.69. The predicted octanol–water partition coefficient (Wildman–Crippen LogP) is 1.32. The lowest BCUT2D eigenvalue weighted by molar-refractivity contribution is 0.363. The molecule has 2 N–H and O–H groups in total. The minimum atomic E-state index is 0.282. The number of hydrazone groups is 1. The van der Waals surface area contributed by atoms with Crippen molar-refractivity contribution < 1.29 is 4.74 Å². The Morgan fingerprint density at radius 1 is 1.78 bits per heavy atom. The molecule has 0 aromatic carbocycles. The van der Waals surface area contributed by atoms with Crippen molar-refractivity contribution in [2.24, 2.45) is 16.9 Å². The SMILES string of the molecule is CC(C)/C(=N/N)OCI. The van der Waals surface area contributed by atoms with Crippen LogP contribution in [0.2, 0.25) is 0 Å². The van der Waals surface area contributed by atoms with E-state index in [9.17, 15) is 0 Å². The van der Waals surface area contributed by atoms with Gasteiger partial charge in [0, 0.05) is 5.92 Å². The highest BCUT2D eigenvalue weighted by Crippen LogP contribution is 1.98. The van der Waals surface area contributed by atoms with Gasteiger partial charge in [-0.05, 0) is 22.6 Å². The van der Waals surface area contributed by atoms with Gasteiger partial charge in [-0.15, -0.1) is 5.10 Å². The average molecular weight is 242 g/mol. The molecule has 0 saturated heterocycles. The molecule has 0 radical (unpaired) electrons. The monoisotopic (exact) mass is 242 g/mol. The van der Waals surface area contributed by atoms with E-state index in [1.807, 2.05) is 13.8 Å². The maximum atomic E-state index is 5.06. The van der Waals surface area contributed by atoms with Gasteiger partial charge in [-0.2, -0.15) is 0 Å². The van der Waals surface area contributed by atoms with E-state index in [1.165, 1.54) is 0 Å². The zero-order valence-electron chi connectivity index (χ0n) is 5.60. The van der Waals surface area contributed by atoms with Crippen molar-refractivity contribution in [3.63, 3.8) is 0 Å². The third-order valence-corrected chi connectivity index (χ3v) is 1.13. The van der Waals surface area contributed by atoms with Crippen molar-refractivity contribution >= 4 is 28.5 Å². The zero-order chi connectivity index (χ0) is 7.28. The van der Waals surface area contributed by atoms with Gasteiger partial charge in [0.25, 0.3) is 0 Å². The van der Waals surface area contributed by atoms with Crippen LogP contribution in [-0.4, -0.2) is 10.5 Å². The molecule has 0 unspecified atom stereocenters. The first-order valence-corrected chi connectivity index (χ1v) is 4.21. The van der Waals surface area contributed by atoms with E-state index in [4.69, 9.17) is 10.6 Å². The van der Waals surface area contributed by atoms with E-state index in [0.29, 0.717) is 10.5 Å². The molecule has 0 amide bonds. The van der Waals surface area contributed by atoms with Crippen molar-refractivity contribution in [2.45, 2.75) is 13.8 Å². The van der Waals surface area contributed by atoms with E-state index in [2.05, 4.69) is 27.7 Å². The van der Waals surface area contributed by atoms with E-state index >= 15 is 0 Å². The summed E-state index contributed by atoms with van der Waals surface area (Å²) < 4.78 is 5.67. The second-order valence-corrected chi connectivity index (χ2v) is 2.50. The molecule has 0 aromatic heterocycles. The summed E-state index contributed by atoms with van der Waals surface area (Å²) in [6.07, 6.45) is 0. The van der Waals surface area contributed by atoms with Gasteiger partial charge in [0.15, 0.2) is 0 Å². The van der Waals surface area contributed by atoms with E-state index in [-0.39, 0.29) is 5.92 Å². The summed E-state index contributed by atoms with van der Waals surface area (Å²) in [6, 6.07) is 0. The number of hydrogen-bond donors (Lipinski definition) is 1. The summed E-state index contributed by atoms with van der Waals surface area (Å²) in [5.41, 5.74) is 0. The number of nitrogens with two attached hydrogens (primary N) is 1. The molecule has 0 saturated carbocycles. The van der Waals surface area contributed by atoms with Crippen molar-refractivity contribution in [2.75, 3.05) is 4.61 Å². The highest BCUT2D eigenvalue weighted by Gasteiger charge is 2.03. The van der Waals surface area contributed by atoms with Crippen LogP contribution < -0.4 is 5.84 Å². The molecule has 4 heteroatoms. The Morgan fingerprint density at radius 2 is 2.33 bits per heavy atom. The minimum Gasteiger partial charge on any atom is -0.469 e. The summed E-state index contributed by atoms with van der Waals surface area (Å²) in [4.78, 5) is 0. The summed E-state index contributed by atoms with van der Waals surface area (Å²) in [5.74, 6) is 5.92. The maximum absolute atomic E-state index is 5.06. The van der Waals surface area contributed by atoms with Gasteiger partial charge in [0.2, 0.25) is 5.90 Å². The van der Waals surface area contributed by atoms with Crippen molar-refractivity contribution in [3.05, 3.63) is 0 Å². The fraction of sp³-hybridized carbons (Fsp3) is 0.800. The van der Waals surface area contributed by atoms with Gasteiger partial charge in [-0.3, -0.25) is 0 Å². The predicted molar refractivity (Wildman–Crippen MR) is 46.4 cm³/mol. The number of hydrogen-bond acceptors (Lipinski definition) is 3. The molecule has 0 spiro atoms. The molecule has 0 fully saturated rings. The lowest BCUT2D eigenvalue weighted by atomic mass is 10.2. The molecule has 0 rings (SSSR count). The van der Waals surface area contributed by atoms with Crippen molar-refractivity contribution in [1.82, 2.24) is 0 Å². The van der Waals surface area contributed by atoms with Gasteiger partial charge in [0.05, 0.1) is 0 Å². The van der Waals surface area contributed by atoms with Gasteiger partial charge in [-0.25, -0.2) is 0 Å². The number of alkyl halides is 1. The molecule has 0 bridgehead atoms. The largest absolute Gasteiger partial charge is 0.469 e. The number of nitrogens with zero attached hydrogens (tertiary/aromatic N) is 1. The second-order valence-electron chi connectivity index (χ2n) is 1.88. The Kier molecular flexibility index (Phi) is 4.84. The Bertz CT molecular complexity index is 103. The summed E-state index contributed by atoms with van der Waals surface area (Å²) in [5, 5.41) is 3.47. The smallest absolute Gasteiger partial charge is 0.208 e. The molecule has 0 aliphatic carbocycles. The van der Waals surface area contributed by atoms with Crippen LogP contribution in [0.15, 0.2) is 5.10 Å². The molecule has 0 atom stereocenters. The topological polar surface area (TPSA) is 47.6 Å². The molecule has 0 heterocycles. The van der Waals surface area contributed by atoms with Crippen LogP contribution >= 0.6 is 22.6 Å². The minimum absolute atomic E-state index is 0.282. The highest BCUT2D eigenvalue weighted by atomic mass is 127. The lowest BCUT2D eigenvalue weighted by Crippen LogP contribution is -2.13. The normalized spacial score (nSPS) is 12.2. The van der Waals surface area contributed by atoms with Crippen molar-refractivity contribution in [3.8, 4) is 0 Å². The molecule has 0 aromatic rings. The summed E-state index contributed by atoms with van der Waals surface area (Å²) >= 11 is 2.10. The van der Waals surface area contributed by atoms with E-state index < -0.39 is 0 Å². The third kappa shape index (κ3) is 3.56. The fourth-order valence-electron chi connectivity index (χ4n) is 0.409. The van der Waals surface area contributed by atoms with Crippen LogP contribution in [0.4, 0.5) is 0 Å². The van der Waals surface area contributed by atoms with Gasteiger partial charge >= 0.3 is 0 Å². The molecule has 3 nitrogen and oxygen atoms in total.